The largest absolute Gasteiger partial charge is 0.483 e. The van der Waals surface area contributed by atoms with Crippen LogP contribution in [-0.2, 0) is 9.59 Å². The van der Waals surface area contributed by atoms with Gasteiger partial charge < -0.3 is 15.0 Å². The third-order valence-corrected chi connectivity index (χ3v) is 4.73. The Bertz CT molecular complexity index is 772. The van der Waals surface area contributed by atoms with Crippen molar-refractivity contribution in [2.45, 2.75) is 18.7 Å². The van der Waals surface area contributed by atoms with Gasteiger partial charge in [0.2, 0.25) is 5.91 Å². The topological polar surface area (TPSA) is 58.6 Å². The van der Waals surface area contributed by atoms with Crippen LogP contribution < -0.4 is 10.1 Å². The van der Waals surface area contributed by atoms with Gasteiger partial charge in [0.15, 0.2) is 6.61 Å². The number of nitrogens with zero attached hydrogens (tertiary/aromatic N) is 1. The van der Waals surface area contributed by atoms with Gasteiger partial charge in [-0.05, 0) is 43.4 Å². The standard InChI is InChI=1S/C20H24N2O3S/c1-14-8-7-9-15(2)20(14)25-13-19(24)22(3)12-18(23)21-16-10-5-6-11-17(16)26-4/h5-11H,12-13H2,1-4H3,(H,21,23). The molecule has 2 aromatic carbocycles. The Morgan fingerprint density at radius 3 is 2.38 bits per heavy atom. The number of anilines is 1. The van der Waals surface area contributed by atoms with Crippen LogP contribution in [0.15, 0.2) is 47.4 Å². The van der Waals surface area contributed by atoms with Crippen LogP contribution in [0.1, 0.15) is 11.1 Å². The van der Waals surface area contributed by atoms with Crippen molar-refractivity contribution >= 4 is 29.3 Å². The molecular formula is C20H24N2O3S. The molecule has 2 rings (SSSR count). The van der Waals surface area contributed by atoms with Gasteiger partial charge in [-0.2, -0.15) is 0 Å². The van der Waals surface area contributed by atoms with Crippen molar-refractivity contribution in [1.82, 2.24) is 4.90 Å². The average Bonchev–Trinajstić information content (AvgIpc) is 2.61. The van der Waals surface area contributed by atoms with Gasteiger partial charge in [0.1, 0.15) is 5.75 Å². The second kappa shape index (κ2) is 9.29. The summed E-state index contributed by atoms with van der Waals surface area (Å²) in [6.45, 7) is 3.74. The second-order valence-electron chi connectivity index (χ2n) is 6.01. The first-order valence-electron chi connectivity index (χ1n) is 8.28. The number of rotatable bonds is 7. The van der Waals surface area contributed by atoms with Gasteiger partial charge in [0.25, 0.3) is 5.91 Å². The van der Waals surface area contributed by atoms with Crippen LogP contribution in [0.4, 0.5) is 5.69 Å². The lowest BCUT2D eigenvalue weighted by atomic mass is 10.1. The zero-order valence-corrected chi connectivity index (χ0v) is 16.4. The molecule has 0 atom stereocenters. The summed E-state index contributed by atoms with van der Waals surface area (Å²) in [4.78, 5) is 26.8. The summed E-state index contributed by atoms with van der Waals surface area (Å²) in [5.41, 5.74) is 2.70. The zero-order chi connectivity index (χ0) is 19.1. The molecule has 0 unspecified atom stereocenters. The van der Waals surface area contributed by atoms with Crippen molar-refractivity contribution in [1.29, 1.82) is 0 Å². The molecule has 0 fully saturated rings. The molecule has 6 heteroatoms. The van der Waals surface area contributed by atoms with E-state index in [0.717, 1.165) is 21.7 Å². The van der Waals surface area contributed by atoms with Gasteiger partial charge in [-0.25, -0.2) is 0 Å². The Morgan fingerprint density at radius 2 is 1.73 bits per heavy atom. The number of likely N-dealkylation sites (N-methyl/N-ethyl adjacent to an activating group) is 1. The maximum absolute atomic E-state index is 12.3. The van der Waals surface area contributed by atoms with Crippen LogP contribution in [0.25, 0.3) is 0 Å². The summed E-state index contributed by atoms with van der Waals surface area (Å²) in [5, 5.41) is 2.84. The molecule has 138 valence electrons. The summed E-state index contributed by atoms with van der Waals surface area (Å²) in [6, 6.07) is 13.4. The molecule has 1 N–H and O–H groups in total. The highest BCUT2D eigenvalue weighted by Gasteiger charge is 2.15. The Kier molecular flexibility index (Phi) is 7.09. The predicted octanol–water partition coefficient (Wildman–Crippen LogP) is 3.50. The Labute approximate surface area is 158 Å². The third-order valence-electron chi connectivity index (χ3n) is 3.94. The van der Waals surface area contributed by atoms with E-state index in [1.807, 2.05) is 62.6 Å². The van der Waals surface area contributed by atoms with E-state index in [1.165, 1.54) is 4.90 Å². The number of nitrogens with one attached hydrogen (secondary N) is 1. The van der Waals surface area contributed by atoms with Crippen LogP contribution in [0, 0.1) is 13.8 Å². The number of hydrogen-bond donors (Lipinski definition) is 1. The van der Waals surface area contributed by atoms with Crippen molar-refractivity contribution in [3.05, 3.63) is 53.6 Å². The second-order valence-corrected chi connectivity index (χ2v) is 6.86. The highest BCUT2D eigenvalue weighted by atomic mass is 32.2. The molecule has 2 aromatic rings. The van der Waals surface area contributed by atoms with Gasteiger partial charge in [0.05, 0.1) is 12.2 Å². The Morgan fingerprint density at radius 1 is 1.08 bits per heavy atom. The van der Waals surface area contributed by atoms with E-state index in [4.69, 9.17) is 4.74 Å². The average molecular weight is 372 g/mol. The van der Waals surface area contributed by atoms with E-state index in [0.29, 0.717) is 5.75 Å². The van der Waals surface area contributed by atoms with Crippen LogP contribution in [0.5, 0.6) is 5.75 Å². The lowest BCUT2D eigenvalue weighted by Gasteiger charge is -2.18. The number of amides is 2. The summed E-state index contributed by atoms with van der Waals surface area (Å²) in [7, 11) is 1.59. The minimum atomic E-state index is -0.249. The molecule has 0 spiro atoms. The van der Waals surface area contributed by atoms with E-state index >= 15 is 0 Å². The number of carbonyl (C=O) groups excluding carboxylic acids is 2. The first kappa shape index (κ1) is 19.8. The number of aryl methyl sites for hydroxylation is 2. The molecule has 0 heterocycles. The number of hydrogen-bond acceptors (Lipinski definition) is 4. The van der Waals surface area contributed by atoms with E-state index in [-0.39, 0.29) is 25.0 Å². The van der Waals surface area contributed by atoms with Crippen molar-refractivity contribution in [2.75, 3.05) is 31.8 Å². The molecule has 26 heavy (non-hydrogen) atoms. The summed E-state index contributed by atoms with van der Waals surface area (Å²) < 4.78 is 5.66. The van der Waals surface area contributed by atoms with Crippen molar-refractivity contribution in [2.24, 2.45) is 0 Å². The minimum absolute atomic E-state index is 0.0301. The van der Waals surface area contributed by atoms with Gasteiger partial charge >= 0.3 is 0 Å². The Balaban J connectivity index is 1.89. The number of carbonyl (C=O) groups is 2. The quantitative estimate of drug-likeness (QED) is 0.756. The number of para-hydroxylation sites is 2. The number of benzene rings is 2. The fourth-order valence-corrected chi connectivity index (χ4v) is 3.07. The van der Waals surface area contributed by atoms with E-state index < -0.39 is 0 Å². The van der Waals surface area contributed by atoms with Crippen molar-refractivity contribution in [3.63, 3.8) is 0 Å². The van der Waals surface area contributed by atoms with E-state index in [2.05, 4.69) is 5.32 Å². The number of ether oxygens (including phenoxy) is 1. The Hall–Kier alpha value is -2.47. The fourth-order valence-electron chi connectivity index (χ4n) is 2.51. The molecule has 0 aromatic heterocycles. The predicted molar refractivity (Wildman–Crippen MR) is 106 cm³/mol. The molecule has 0 aliphatic heterocycles. The molecule has 5 nitrogen and oxygen atoms in total. The summed E-state index contributed by atoms with van der Waals surface area (Å²) in [6.07, 6.45) is 1.95. The van der Waals surface area contributed by atoms with Crippen LogP contribution >= 0.6 is 11.8 Å². The summed E-state index contributed by atoms with van der Waals surface area (Å²) in [5.74, 6) is 0.225. The lowest BCUT2D eigenvalue weighted by molar-refractivity contribution is -0.135. The molecule has 0 bridgehead atoms. The fraction of sp³-hybridized carbons (Fsp3) is 0.300. The van der Waals surface area contributed by atoms with Crippen LogP contribution in [0.2, 0.25) is 0 Å². The number of thioether (sulfide) groups is 1. The monoisotopic (exact) mass is 372 g/mol. The molecule has 0 radical (unpaired) electrons. The first-order chi connectivity index (χ1) is 12.4. The zero-order valence-electron chi connectivity index (χ0n) is 15.5. The summed E-state index contributed by atoms with van der Waals surface area (Å²) >= 11 is 1.56. The van der Waals surface area contributed by atoms with Crippen LogP contribution in [-0.4, -0.2) is 43.2 Å². The third kappa shape index (κ3) is 5.26. The molecule has 0 saturated heterocycles. The highest BCUT2D eigenvalue weighted by molar-refractivity contribution is 7.98. The maximum atomic E-state index is 12.3. The molecule has 2 amide bonds. The molecule has 0 aliphatic carbocycles. The first-order valence-corrected chi connectivity index (χ1v) is 9.50. The van der Waals surface area contributed by atoms with Crippen LogP contribution in [0.3, 0.4) is 0 Å². The SMILES string of the molecule is CSc1ccccc1NC(=O)CN(C)C(=O)COc1c(C)cccc1C. The maximum Gasteiger partial charge on any atom is 0.260 e. The lowest BCUT2D eigenvalue weighted by Crippen LogP contribution is -2.37. The smallest absolute Gasteiger partial charge is 0.260 e. The van der Waals surface area contributed by atoms with Gasteiger partial charge in [-0.1, -0.05) is 30.3 Å². The van der Waals surface area contributed by atoms with Crippen molar-refractivity contribution in [3.8, 4) is 5.75 Å². The normalized spacial score (nSPS) is 10.3. The molecule has 0 saturated carbocycles. The minimum Gasteiger partial charge on any atom is -0.483 e. The molecular weight excluding hydrogens is 348 g/mol. The van der Waals surface area contributed by atoms with Gasteiger partial charge in [-0.3, -0.25) is 9.59 Å². The van der Waals surface area contributed by atoms with E-state index in [9.17, 15) is 9.59 Å². The van der Waals surface area contributed by atoms with Gasteiger partial charge in [0, 0.05) is 11.9 Å². The molecule has 0 aliphatic rings. The van der Waals surface area contributed by atoms with E-state index in [1.54, 1.807) is 18.8 Å². The van der Waals surface area contributed by atoms with Crippen molar-refractivity contribution < 1.29 is 14.3 Å². The van der Waals surface area contributed by atoms with Gasteiger partial charge in [-0.15, -0.1) is 11.8 Å². The highest BCUT2D eigenvalue weighted by Crippen LogP contribution is 2.24.